The number of hydrogen-bond donors (Lipinski definition) is 3. The van der Waals surface area contributed by atoms with Crippen molar-refractivity contribution in [3.8, 4) is 0 Å². The highest BCUT2D eigenvalue weighted by Crippen LogP contribution is 2.15. The van der Waals surface area contributed by atoms with Gasteiger partial charge in [0, 0.05) is 32.1 Å². The van der Waals surface area contributed by atoms with E-state index in [1.807, 2.05) is 12.1 Å². The molecule has 0 bridgehead atoms. The van der Waals surface area contributed by atoms with Crippen molar-refractivity contribution in [1.29, 1.82) is 0 Å². The third-order valence-corrected chi connectivity index (χ3v) is 3.60. The first-order valence-electron chi connectivity index (χ1n) is 6.52. The lowest BCUT2D eigenvalue weighted by Gasteiger charge is -2.17. The molecule has 4 heteroatoms. The van der Waals surface area contributed by atoms with Crippen LogP contribution in [-0.4, -0.2) is 37.4 Å². The Morgan fingerprint density at radius 3 is 2.72 bits per heavy atom. The van der Waals surface area contributed by atoms with E-state index in [2.05, 4.69) is 17.6 Å². The highest BCUT2D eigenvalue weighted by molar-refractivity contribution is 5.20. The fourth-order valence-corrected chi connectivity index (χ4v) is 2.32. The SMILES string of the molecule is CC(CNCC1CNCC1O)c1ccc(F)cc1. The fraction of sp³-hybridized carbons (Fsp3) is 0.571. The van der Waals surface area contributed by atoms with E-state index in [1.165, 1.54) is 12.1 Å². The molecule has 2 rings (SSSR count). The van der Waals surface area contributed by atoms with Gasteiger partial charge in [-0.05, 0) is 23.6 Å². The molecule has 1 heterocycles. The van der Waals surface area contributed by atoms with E-state index in [-0.39, 0.29) is 11.9 Å². The van der Waals surface area contributed by atoms with Crippen molar-refractivity contribution in [3.05, 3.63) is 35.6 Å². The monoisotopic (exact) mass is 252 g/mol. The Labute approximate surface area is 107 Å². The predicted molar refractivity (Wildman–Crippen MR) is 70.1 cm³/mol. The third kappa shape index (κ3) is 3.51. The van der Waals surface area contributed by atoms with Crippen LogP contribution in [0.5, 0.6) is 0 Å². The zero-order chi connectivity index (χ0) is 13.0. The maximum absolute atomic E-state index is 12.8. The first-order valence-corrected chi connectivity index (χ1v) is 6.52. The van der Waals surface area contributed by atoms with Crippen molar-refractivity contribution < 1.29 is 9.50 Å². The van der Waals surface area contributed by atoms with Gasteiger partial charge >= 0.3 is 0 Å². The van der Waals surface area contributed by atoms with E-state index in [0.717, 1.165) is 25.2 Å². The van der Waals surface area contributed by atoms with Gasteiger partial charge in [-0.15, -0.1) is 0 Å². The Bertz CT molecular complexity index is 369. The van der Waals surface area contributed by atoms with Gasteiger partial charge in [-0.3, -0.25) is 0 Å². The zero-order valence-corrected chi connectivity index (χ0v) is 10.7. The summed E-state index contributed by atoms with van der Waals surface area (Å²) in [5.74, 6) is 0.446. The lowest BCUT2D eigenvalue weighted by Crippen LogP contribution is -2.32. The molecular weight excluding hydrogens is 231 g/mol. The van der Waals surface area contributed by atoms with Gasteiger partial charge < -0.3 is 15.7 Å². The number of halogens is 1. The van der Waals surface area contributed by atoms with Crippen LogP contribution in [0.25, 0.3) is 0 Å². The van der Waals surface area contributed by atoms with Gasteiger partial charge in [-0.1, -0.05) is 19.1 Å². The molecule has 1 aliphatic rings. The van der Waals surface area contributed by atoms with E-state index in [1.54, 1.807) is 0 Å². The minimum absolute atomic E-state index is 0.195. The van der Waals surface area contributed by atoms with E-state index in [4.69, 9.17) is 0 Å². The van der Waals surface area contributed by atoms with Crippen molar-refractivity contribution in [2.24, 2.45) is 5.92 Å². The quantitative estimate of drug-likeness (QED) is 0.735. The molecule has 0 aliphatic carbocycles. The second-order valence-electron chi connectivity index (χ2n) is 5.10. The smallest absolute Gasteiger partial charge is 0.123 e. The summed E-state index contributed by atoms with van der Waals surface area (Å²) in [4.78, 5) is 0. The number of aliphatic hydroxyl groups is 1. The predicted octanol–water partition coefficient (Wildman–Crippen LogP) is 1.10. The van der Waals surface area contributed by atoms with E-state index >= 15 is 0 Å². The van der Waals surface area contributed by atoms with Gasteiger partial charge in [0.05, 0.1) is 6.10 Å². The average Bonchev–Trinajstić information content (AvgIpc) is 2.76. The summed E-state index contributed by atoms with van der Waals surface area (Å²) in [5, 5.41) is 16.2. The lowest BCUT2D eigenvalue weighted by molar-refractivity contribution is 0.146. The van der Waals surface area contributed by atoms with Crippen LogP contribution >= 0.6 is 0 Å². The van der Waals surface area contributed by atoms with Gasteiger partial charge in [0.15, 0.2) is 0 Å². The van der Waals surface area contributed by atoms with Crippen LogP contribution in [0, 0.1) is 11.7 Å². The third-order valence-electron chi connectivity index (χ3n) is 3.60. The Kier molecular flexibility index (Phi) is 4.69. The molecule has 1 aliphatic heterocycles. The average molecular weight is 252 g/mol. The van der Waals surface area contributed by atoms with E-state index in [9.17, 15) is 9.50 Å². The van der Waals surface area contributed by atoms with Crippen LogP contribution < -0.4 is 10.6 Å². The van der Waals surface area contributed by atoms with Gasteiger partial charge in [-0.2, -0.15) is 0 Å². The van der Waals surface area contributed by atoms with E-state index < -0.39 is 0 Å². The summed E-state index contributed by atoms with van der Waals surface area (Å²) >= 11 is 0. The molecule has 3 nitrogen and oxygen atoms in total. The van der Waals surface area contributed by atoms with Crippen molar-refractivity contribution in [3.63, 3.8) is 0 Å². The number of rotatable bonds is 5. The minimum Gasteiger partial charge on any atom is -0.391 e. The maximum atomic E-state index is 12.8. The topological polar surface area (TPSA) is 44.3 Å². The first-order chi connectivity index (χ1) is 8.66. The van der Waals surface area contributed by atoms with Crippen LogP contribution in [0.4, 0.5) is 4.39 Å². The molecule has 3 unspecified atom stereocenters. The molecule has 1 aromatic rings. The molecule has 3 N–H and O–H groups in total. The van der Waals surface area contributed by atoms with Crippen molar-refractivity contribution in [1.82, 2.24) is 10.6 Å². The number of hydrogen-bond acceptors (Lipinski definition) is 3. The molecule has 1 fully saturated rings. The van der Waals surface area contributed by atoms with Crippen molar-refractivity contribution in [2.75, 3.05) is 26.2 Å². The van der Waals surface area contributed by atoms with Crippen LogP contribution in [-0.2, 0) is 0 Å². The molecule has 100 valence electrons. The first kappa shape index (κ1) is 13.5. The standard InChI is InChI=1S/C14H21FN2O/c1-10(11-2-4-13(15)5-3-11)6-16-7-12-8-17-9-14(12)18/h2-5,10,12,14,16-18H,6-9H2,1H3. The molecular formula is C14H21FN2O. The molecule has 0 radical (unpaired) electrons. The molecule has 0 aromatic heterocycles. The number of aliphatic hydroxyl groups excluding tert-OH is 1. The summed E-state index contributed by atoms with van der Waals surface area (Å²) < 4.78 is 12.8. The zero-order valence-electron chi connectivity index (χ0n) is 10.7. The van der Waals surface area contributed by atoms with Crippen molar-refractivity contribution in [2.45, 2.75) is 18.9 Å². The molecule has 18 heavy (non-hydrogen) atoms. The molecule has 0 spiro atoms. The number of β-amino-alcohol motifs (C(OH)–C–C–N with tert-alkyl or cyclic N) is 1. The van der Waals surface area contributed by atoms with Crippen molar-refractivity contribution >= 4 is 0 Å². The number of benzene rings is 1. The van der Waals surface area contributed by atoms with Crippen LogP contribution in [0.1, 0.15) is 18.4 Å². The Morgan fingerprint density at radius 2 is 2.11 bits per heavy atom. The highest BCUT2D eigenvalue weighted by atomic mass is 19.1. The number of nitrogens with one attached hydrogen (secondary N) is 2. The summed E-state index contributed by atoms with van der Waals surface area (Å²) in [6, 6.07) is 6.65. The minimum atomic E-state index is -0.237. The molecule has 1 saturated heterocycles. The summed E-state index contributed by atoms with van der Waals surface area (Å²) in [6.45, 7) is 5.34. The van der Waals surface area contributed by atoms with Gasteiger partial charge in [0.2, 0.25) is 0 Å². The van der Waals surface area contributed by atoms with Gasteiger partial charge in [0.1, 0.15) is 5.82 Å². The normalized spacial score (nSPS) is 25.3. The van der Waals surface area contributed by atoms with E-state index in [0.29, 0.717) is 18.4 Å². The summed E-state index contributed by atoms with van der Waals surface area (Å²) in [7, 11) is 0. The maximum Gasteiger partial charge on any atom is 0.123 e. The van der Waals surface area contributed by atoms with Gasteiger partial charge in [0.25, 0.3) is 0 Å². The molecule has 1 aromatic carbocycles. The van der Waals surface area contributed by atoms with Gasteiger partial charge in [-0.25, -0.2) is 4.39 Å². The fourth-order valence-electron chi connectivity index (χ4n) is 2.32. The Hall–Kier alpha value is -0.970. The largest absolute Gasteiger partial charge is 0.391 e. The highest BCUT2D eigenvalue weighted by Gasteiger charge is 2.24. The Morgan fingerprint density at radius 1 is 1.39 bits per heavy atom. The Balaban J connectivity index is 1.74. The molecule has 3 atom stereocenters. The van der Waals surface area contributed by atoms with Crippen LogP contribution in [0.15, 0.2) is 24.3 Å². The summed E-state index contributed by atoms with van der Waals surface area (Å²) in [6.07, 6.45) is -0.237. The van der Waals surface area contributed by atoms with Crippen LogP contribution in [0.3, 0.4) is 0 Å². The summed E-state index contributed by atoms with van der Waals surface area (Å²) in [5.41, 5.74) is 1.13. The molecule has 0 amide bonds. The molecule has 0 saturated carbocycles. The second kappa shape index (κ2) is 6.27. The second-order valence-corrected chi connectivity index (χ2v) is 5.10. The lowest BCUT2D eigenvalue weighted by atomic mass is 10.0. The van der Waals surface area contributed by atoms with Crippen LogP contribution in [0.2, 0.25) is 0 Å².